The number of nitrogens with zero attached hydrogens (tertiary/aromatic N) is 2. The molecule has 0 saturated carbocycles. The molecule has 2 aliphatic heterocycles. The minimum absolute atomic E-state index is 0.188. The predicted octanol–water partition coefficient (Wildman–Crippen LogP) is 1.96. The Morgan fingerprint density at radius 3 is 1.97 bits per heavy atom. The highest BCUT2D eigenvalue weighted by Gasteiger charge is 2.40. The second-order valence-corrected chi connectivity index (χ2v) is 7.26. The Hall–Kier alpha value is -3.81. The van der Waals surface area contributed by atoms with Gasteiger partial charge in [0.15, 0.2) is 0 Å². The summed E-state index contributed by atoms with van der Waals surface area (Å²) in [6.07, 6.45) is 0.478. The Bertz CT molecular complexity index is 1030. The van der Waals surface area contributed by atoms with Crippen molar-refractivity contribution in [1.82, 2.24) is 9.80 Å². The number of amides is 5. The van der Waals surface area contributed by atoms with Crippen LogP contribution in [0.25, 0.3) is 0 Å². The van der Waals surface area contributed by atoms with Crippen LogP contribution in [0.15, 0.2) is 48.5 Å². The van der Waals surface area contributed by atoms with Crippen molar-refractivity contribution in [2.75, 3.05) is 5.32 Å². The maximum Gasteiger partial charge on any atom is 0.262 e. The zero-order valence-corrected chi connectivity index (χ0v) is 16.3. The van der Waals surface area contributed by atoms with Crippen LogP contribution in [0, 0.1) is 0 Å². The predicted molar refractivity (Wildman–Crippen MR) is 106 cm³/mol. The number of likely N-dealkylation sites (tertiary alicyclic amines) is 1. The van der Waals surface area contributed by atoms with Crippen LogP contribution in [0.2, 0.25) is 0 Å². The number of imide groups is 2. The molecule has 2 heterocycles. The van der Waals surface area contributed by atoms with Crippen molar-refractivity contribution in [3.63, 3.8) is 0 Å². The highest BCUT2D eigenvalue weighted by Crippen LogP contribution is 2.25. The summed E-state index contributed by atoms with van der Waals surface area (Å²) in [5.74, 6) is -1.86. The van der Waals surface area contributed by atoms with Gasteiger partial charge in [0.25, 0.3) is 11.8 Å². The molecule has 0 bridgehead atoms. The first-order chi connectivity index (χ1) is 14.4. The molecule has 0 aliphatic carbocycles. The summed E-state index contributed by atoms with van der Waals surface area (Å²) >= 11 is 0. The Labute approximate surface area is 172 Å². The molecule has 2 aromatic carbocycles. The van der Waals surface area contributed by atoms with Gasteiger partial charge in [-0.25, -0.2) is 0 Å². The fourth-order valence-electron chi connectivity index (χ4n) is 3.60. The third-order valence-electron chi connectivity index (χ3n) is 5.31. The van der Waals surface area contributed by atoms with Crippen LogP contribution in [-0.2, 0) is 20.9 Å². The SMILES string of the molecule is CC(C(=O)Nc1ccc(CN2C(=O)CCC2=O)cc1)N1C(=O)c2ccccc2C1=O. The fourth-order valence-corrected chi connectivity index (χ4v) is 3.60. The molecule has 1 unspecified atom stereocenters. The van der Waals surface area contributed by atoms with Crippen molar-refractivity contribution in [2.45, 2.75) is 32.4 Å². The summed E-state index contributed by atoms with van der Waals surface area (Å²) in [4.78, 5) is 63.3. The van der Waals surface area contributed by atoms with Gasteiger partial charge in [-0.05, 0) is 36.8 Å². The minimum Gasteiger partial charge on any atom is -0.324 e. The van der Waals surface area contributed by atoms with Crippen LogP contribution >= 0.6 is 0 Å². The number of carbonyl (C=O) groups is 5. The average molecular weight is 405 g/mol. The lowest BCUT2D eigenvalue weighted by atomic mass is 10.1. The maximum absolute atomic E-state index is 12.6. The van der Waals surface area contributed by atoms with E-state index in [9.17, 15) is 24.0 Å². The van der Waals surface area contributed by atoms with E-state index >= 15 is 0 Å². The molecule has 1 fully saturated rings. The van der Waals surface area contributed by atoms with Crippen molar-refractivity contribution in [2.24, 2.45) is 0 Å². The molecular formula is C22H19N3O5. The number of anilines is 1. The number of fused-ring (bicyclic) bond motifs is 1. The average Bonchev–Trinajstić information content (AvgIpc) is 3.19. The molecule has 1 saturated heterocycles. The van der Waals surface area contributed by atoms with Gasteiger partial charge in [0.1, 0.15) is 6.04 Å². The van der Waals surface area contributed by atoms with E-state index in [4.69, 9.17) is 0 Å². The van der Waals surface area contributed by atoms with E-state index in [1.165, 1.54) is 11.8 Å². The molecule has 0 spiro atoms. The largest absolute Gasteiger partial charge is 0.324 e. The maximum atomic E-state index is 12.6. The smallest absolute Gasteiger partial charge is 0.262 e. The number of hydrogen-bond acceptors (Lipinski definition) is 5. The molecule has 30 heavy (non-hydrogen) atoms. The Balaban J connectivity index is 1.42. The summed E-state index contributed by atoms with van der Waals surface area (Å²) in [5.41, 5.74) is 1.81. The molecule has 8 heteroatoms. The van der Waals surface area contributed by atoms with Crippen LogP contribution in [0.4, 0.5) is 5.69 Å². The van der Waals surface area contributed by atoms with E-state index in [1.807, 2.05) is 0 Å². The van der Waals surface area contributed by atoms with Gasteiger partial charge in [-0.15, -0.1) is 0 Å². The highest BCUT2D eigenvalue weighted by molar-refractivity contribution is 6.23. The fraction of sp³-hybridized carbons (Fsp3) is 0.227. The van der Waals surface area contributed by atoms with E-state index in [0.29, 0.717) is 5.69 Å². The van der Waals surface area contributed by atoms with Gasteiger partial charge in [-0.3, -0.25) is 33.8 Å². The number of hydrogen-bond donors (Lipinski definition) is 1. The molecule has 1 N–H and O–H groups in total. The first kappa shape index (κ1) is 19.5. The van der Waals surface area contributed by atoms with Crippen molar-refractivity contribution in [1.29, 1.82) is 0 Å². The lowest BCUT2D eigenvalue weighted by molar-refractivity contribution is -0.139. The minimum atomic E-state index is -0.989. The molecule has 2 aliphatic rings. The molecule has 0 radical (unpaired) electrons. The van der Waals surface area contributed by atoms with E-state index in [2.05, 4.69) is 5.32 Å². The quantitative estimate of drug-likeness (QED) is 0.766. The summed E-state index contributed by atoms with van der Waals surface area (Å²) in [7, 11) is 0. The molecule has 8 nitrogen and oxygen atoms in total. The summed E-state index contributed by atoms with van der Waals surface area (Å²) in [6.45, 7) is 1.69. The number of carbonyl (C=O) groups excluding carboxylic acids is 5. The Kier molecular flexibility index (Phi) is 4.91. The van der Waals surface area contributed by atoms with Gasteiger partial charge in [0, 0.05) is 18.5 Å². The molecule has 4 rings (SSSR count). The highest BCUT2D eigenvalue weighted by atomic mass is 16.2. The number of rotatable bonds is 5. The molecular weight excluding hydrogens is 386 g/mol. The van der Waals surface area contributed by atoms with Gasteiger partial charge in [0.2, 0.25) is 17.7 Å². The lowest BCUT2D eigenvalue weighted by Gasteiger charge is -2.21. The van der Waals surface area contributed by atoms with Gasteiger partial charge in [-0.1, -0.05) is 24.3 Å². The summed E-state index contributed by atoms with van der Waals surface area (Å²) < 4.78 is 0. The third kappa shape index (κ3) is 3.36. The number of benzene rings is 2. The van der Waals surface area contributed by atoms with Crippen LogP contribution in [0.5, 0.6) is 0 Å². The van der Waals surface area contributed by atoms with Crippen LogP contribution < -0.4 is 5.32 Å². The van der Waals surface area contributed by atoms with Crippen molar-refractivity contribution in [3.8, 4) is 0 Å². The second-order valence-electron chi connectivity index (χ2n) is 7.26. The lowest BCUT2D eigenvalue weighted by Crippen LogP contribution is -2.45. The Morgan fingerprint density at radius 1 is 0.900 bits per heavy atom. The van der Waals surface area contributed by atoms with Crippen LogP contribution in [0.1, 0.15) is 46.0 Å². The van der Waals surface area contributed by atoms with Gasteiger partial charge in [0.05, 0.1) is 17.7 Å². The van der Waals surface area contributed by atoms with E-state index in [-0.39, 0.29) is 42.3 Å². The van der Waals surface area contributed by atoms with E-state index in [1.54, 1.807) is 48.5 Å². The van der Waals surface area contributed by atoms with Crippen LogP contribution in [-0.4, -0.2) is 45.4 Å². The van der Waals surface area contributed by atoms with E-state index in [0.717, 1.165) is 10.5 Å². The molecule has 5 amide bonds. The van der Waals surface area contributed by atoms with Crippen molar-refractivity contribution in [3.05, 3.63) is 65.2 Å². The first-order valence-electron chi connectivity index (χ1n) is 9.56. The number of nitrogens with one attached hydrogen (secondary N) is 1. The zero-order chi connectivity index (χ0) is 21.4. The van der Waals surface area contributed by atoms with Crippen molar-refractivity contribution < 1.29 is 24.0 Å². The van der Waals surface area contributed by atoms with Gasteiger partial charge >= 0.3 is 0 Å². The normalized spacial score (nSPS) is 16.8. The monoisotopic (exact) mass is 405 g/mol. The second kappa shape index (κ2) is 7.55. The molecule has 152 valence electrons. The van der Waals surface area contributed by atoms with Crippen LogP contribution in [0.3, 0.4) is 0 Å². The molecule has 1 atom stereocenters. The first-order valence-corrected chi connectivity index (χ1v) is 9.56. The Morgan fingerprint density at radius 2 is 1.43 bits per heavy atom. The topological polar surface area (TPSA) is 104 Å². The van der Waals surface area contributed by atoms with Gasteiger partial charge in [-0.2, -0.15) is 0 Å². The summed E-state index contributed by atoms with van der Waals surface area (Å²) in [5, 5.41) is 2.69. The third-order valence-corrected chi connectivity index (χ3v) is 5.31. The van der Waals surface area contributed by atoms with Crippen molar-refractivity contribution >= 4 is 35.2 Å². The zero-order valence-electron chi connectivity index (χ0n) is 16.3. The summed E-state index contributed by atoms with van der Waals surface area (Å²) in [6, 6.07) is 12.2. The van der Waals surface area contributed by atoms with Gasteiger partial charge < -0.3 is 5.32 Å². The van der Waals surface area contributed by atoms with E-state index < -0.39 is 23.8 Å². The molecule has 0 aromatic heterocycles. The standard InChI is InChI=1S/C22H19N3O5/c1-13(25-21(29)16-4-2-3-5-17(16)22(25)30)20(28)23-15-8-6-14(7-9-15)12-24-18(26)10-11-19(24)27/h2-9,13H,10-12H2,1H3,(H,23,28). The molecule has 2 aromatic rings.